The van der Waals surface area contributed by atoms with Crippen molar-refractivity contribution in [3.05, 3.63) is 42.0 Å². The van der Waals surface area contributed by atoms with E-state index in [2.05, 4.69) is 57.2 Å². The van der Waals surface area contributed by atoms with Gasteiger partial charge < -0.3 is 5.11 Å². The zero-order valence-corrected chi connectivity index (χ0v) is 16.6. The van der Waals surface area contributed by atoms with E-state index in [1.165, 1.54) is 37.9 Å². The highest BCUT2D eigenvalue weighted by Gasteiger charge is 2.44. The Morgan fingerprint density at radius 1 is 0.926 bits per heavy atom. The van der Waals surface area contributed by atoms with E-state index in [9.17, 15) is 5.11 Å². The van der Waals surface area contributed by atoms with Gasteiger partial charge >= 0.3 is 0 Å². The molecule has 1 N–H and O–H groups in total. The number of nitrogens with zero attached hydrogens (tertiary/aromatic N) is 3. The molecule has 0 aliphatic carbocycles. The van der Waals surface area contributed by atoms with E-state index in [1.807, 2.05) is 0 Å². The van der Waals surface area contributed by atoms with Crippen molar-refractivity contribution in [2.45, 2.75) is 43.7 Å². The van der Waals surface area contributed by atoms with Gasteiger partial charge in [0, 0.05) is 45.3 Å². The highest BCUT2D eigenvalue weighted by atomic mass is 16.3. The summed E-state index contributed by atoms with van der Waals surface area (Å²) < 4.78 is 0. The molecule has 0 saturated carbocycles. The predicted molar refractivity (Wildman–Crippen MR) is 112 cm³/mol. The van der Waals surface area contributed by atoms with Crippen LogP contribution in [0.5, 0.6) is 0 Å². The largest absolute Gasteiger partial charge is 0.387 e. The van der Waals surface area contributed by atoms with Crippen LogP contribution < -0.4 is 0 Å². The van der Waals surface area contributed by atoms with Gasteiger partial charge in [-0.15, -0.1) is 0 Å². The SMILES string of the molecule is O[C@@]1(CN2CCN(CC=Cc3ccccc3)CC2)CCCN2CCCC[C@@H]21. The molecule has 0 radical (unpaired) electrons. The molecule has 0 spiro atoms. The van der Waals surface area contributed by atoms with E-state index in [4.69, 9.17) is 0 Å². The molecule has 0 aromatic heterocycles. The second-order valence-corrected chi connectivity index (χ2v) is 8.64. The number of benzene rings is 1. The second kappa shape index (κ2) is 8.87. The molecule has 1 aromatic carbocycles. The maximum Gasteiger partial charge on any atom is 0.0928 e. The summed E-state index contributed by atoms with van der Waals surface area (Å²) in [7, 11) is 0. The van der Waals surface area contributed by atoms with Crippen LogP contribution in [0.3, 0.4) is 0 Å². The summed E-state index contributed by atoms with van der Waals surface area (Å²) in [6, 6.07) is 10.9. The van der Waals surface area contributed by atoms with Crippen LogP contribution in [0.25, 0.3) is 6.08 Å². The molecule has 4 rings (SSSR count). The molecule has 4 nitrogen and oxygen atoms in total. The zero-order chi connectivity index (χ0) is 18.5. The normalized spacial score (nSPS) is 31.2. The first-order chi connectivity index (χ1) is 13.2. The molecule has 3 aliphatic heterocycles. The Morgan fingerprint density at radius 3 is 2.48 bits per heavy atom. The molecule has 0 amide bonds. The van der Waals surface area contributed by atoms with Crippen LogP contribution in [-0.4, -0.2) is 83.8 Å². The molecule has 3 fully saturated rings. The van der Waals surface area contributed by atoms with Crippen molar-refractivity contribution in [1.29, 1.82) is 0 Å². The quantitative estimate of drug-likeness (QED) is 0.864. The van der Waals surface area contributed by atoms with Gasteiger partial charge in [0.05, 0.1) is 5.60 Å². The lowest BCUT2D eigenvalue weighted by Gasteiger charge is -2.51. The minimum Gasteiger partial charge on any atom is -0.387 e. The van der Waals surface area contributed by atoms with Gasteiger partial charge in [-0.3, -0.25) is 14.7 Å². The van der Waals surface area contributed by atoms with Gasteiger partial charge in [0.1, 0.15) is 0 Å². The van der Waals surface area contributed by atoms with Crippen molar-refractivity contribution in [2.75, 3.05) is 52.4 Å². The Labute approximate surface area is 164 Å². The fraction of sp³-hybridized carbons (Fsp3) is 0.652. The minimum absolute atomic E-state index is 0.395. The van der Waals surface area contributed by atoms with Gasteiger partial charge in [0.15, 0.2) is 0 Å². The molecule has 2 atom stereocenters. The Bertz CT molecular complexity index is 609. The zero-order valence-electron chi connectivity index (χ0n) is 16.6. The summed E-state index contributed by atoms with van der Waals surface area (Å²) in [4.78, 5) is 7.60. The van der Waals surface area contributed by atoms with Gasteiger partial charge in [-0.1, -0.05) is 48.9 Å². The van der Waals surface area contributed by atoms with Crippen LogP contribution in [0.4, 0.5) is 0 Å². The summed E-state index contributed by atoms with van der Waals surface area (Å²) in [6.07, 6.45) is 10.4. The van der Waals surface area contributed by atoms with Gasteiger partial charge in [-0.25, -0.2) is 0 Å². The maximum absolute atomic E-state index is 11.4. The molecule has 4 heteroatoms. The van der Waals surface area contributed by atoms with Crippen LogP contribution in [0.15, 0.2) is 36.4 Å². The summed E-state index contributed by atoms with van der Waals surface area (Å²) in [5.74, 6) is 0. The molecule has 148 valence electrons. The van der Waals surface area contributed by atoms with Crippen LogP contribution in [0.1, 0.15) is 37.7 Å². The molecule has 27 heavy (non-hydrogen) atoms. The average molecular weight is 370 g/mol. The molecule has 0 bridgehead atoms. The van der Waals surface area contributed by atoms with E-state index in [0.717, 1.165) is 52.1 Å². The van der Waals surface area contributed by atoms with Gasteiger partial charge in [-0.2, -0.15) is 0 Å². The third kappa shape index (κ3) is 4.80. The van der Waals surface area contributed by atoms with Gasteiger partial charge in [-0.05, 0) is 44.3 Å². The van der Waals surface area contributed by atoms with Gasteiger partial charge in [0.2, 0.25) is 0 Å². The highest BCUT2D eigenvalue weighted by molar-refractivity contribution is 5.48. The first kappa shape index (κ1) is 19.1. The first-order valence-electron chi connectivity index (χ1n) is 10.9. The summed E-state index contributed by atoms with van der Waals surface area (Å²) >= 11 is 0. The predicted octanol–water partition coefficient (Wildman–Crippen LogP) is 2.70. The number of hydrogen-bond acceptors (Lipinski definition) is 4. The van der Waals surface area contributed by atoms with Gasteiger partial charge in [0.25, 0.3) is 0 Å². The van der Waals surface area contributed by atoms with Crippen molar-refractivity contribution in [1.82, 2.24) is 14.7 Å². The van der Waals surface area contributed by atoms with Crippen LogP contribution >= 0.6 is 0 Å². The van der Waals surface area contributed by atoms with E-state index in [1.54, 1.807) is 0 Å². The molecule has 1 aromatic rings. The highest BCUT2D eigenvalue weighted by Crippen LogP contribution is 2.34. The topological polar surface area (TPSA) is 30.0 Å². The average Bonchev–Trinajstić information content (AvgIpc) is 2.70. The summed E-state index contributed by atoms with van der Waals surface area (Å²) in [5.41, 5.74) is 0.779. The number of aliphatic hydroxyl groups is 1. The Hall–Kier alpha value is -1.20. The number of piperidine rings is 2. The van der Waals surface area contributed by atoms with Crippen molar-refractivity contribution < 1.29 is 5.11 Å². The Balaban J connectivity index is 1.25. The maximum atomic E-state index is 11.4. The Kier molecular flexibility index (Phi) is 6.28. The summed E-state index contributed by atoms with van der Waals surface area (Å²) in [6.45, 7) is 8.61. The molecule has 3 aliphatic rings. The Morgan fingerprint density at radius 2 is 1.67 bits per heavy atom. The lowest BCUT2D eigenvalue weighted by molar-refractivity contribution is -0.112. The number of piperazine rings is 1. The van der Waals surface area contributed by atoms with Crippen molar-refractivity contribution in [2.24, 2.45) is 0 Å². The van der Waals surface area contributed by atoms with Crippen molar-refractivity contribution >= 4 is 6.08 Å². The van der Waals surface area contributed by atoms with E-state index in [-0.39, 0.29) is 0 Å². The lowest BCUT2D eigenvalue weighted by atomic mass is 9.79. The fourth-order valence-corrected chi connectivity index (χ4v) is 5.23. The fourth-order valence-electron chi connectivity index (χ4n) is 5.23. The molecular formula is C23H35N3O. The molecule has 3 saturated heterocycles. The summed E-state index contributed by atoms with van der Waals surface area (Å²) in [5, 5.41) is 11.4. The van der Waals surface area contributed by atoms with Crippen molar-refractivity contribution in [3.63, 3.8) is 0 Å². The first-order valence-corrected chi connectivity index (χ1v) is 10.9. The third-order valence-electron chi connectivity index (χ3n) is 6.72. The molecule has 0 unspecified atom stereocenters. The monoisotopic (exact) mass is 369 g/mol. The molecular weight excluding hydrogens is 334 g/mol. The number of hydrogen-bond donors (Lipinski definition) is 1. The van der Waals surface area contributed by atoms with Crippen LogP contribution in [0.2, 0.25) is 0 Å². The standard InChI is InChI=1S/C23H35N3O/c27-23(12-7-15-26-14-5-4-11-22(23)26)20-25-18-16-24(17-19-25)13-6-10-21-8-2-1-3-9-21/h1-3,6,8-10,22,27H,4-5,7,11-20H2/t22-,23-/m1/s1. The minimum atomic E-state index is -0.492. The smallest absolute Gasteiger partial charge is 0.0928 e. The number of β-amino-alcohol motifs (C(OH)–C–C–N with tert-alkyl or cyclic N) is 1. The van der Waals surface area contributed by atoms with Crippen LogP contribution in [0, 0.1) is 0 Å². The second-order valence-electron chi connectivity index (χ2n) is 8.64. The lowest BCUT2D eigenvalue weighted by Crippen LogP contribution is -2.63. The van der Waals surface area contributed by atoms with Crippen LogP contribution in [-0.2, 0) is 0 Å². The van der Waals surface area contributed by atoms with E-state index >= 15 is 0 Å². The van der Waals surface area contributed by atoms with Crippen molar-refractivity contribution in [3.8, 4) is 0 Å². The number of fused-ring (bicyclic) bond motifs is 1. The van der Waals surface area contributed by atoms with E-state index < -0.39 is 5.60 Å². The molecule has 3 heterocycles. The number of rotatable bonds is 5. The third-order valence-corrected chi connectivity index (χ3v) is 6.72. The van der Waals surface area contributed by atoms with E-state index in [0.29, 0.717) is 6.04 Å².